The van der Waals surface area contributed by atoms with E-state index in [4.69, 9.17) is 9.72 Å². The zero-order valence-corrected chi connectivity index (χ0v) is 20.2. The average Bonchev–Trinajstić information content (AvgIpc) is 3.65. The van der Waals surface area contributed by atoms with E-state index in [1.165, 1.54) is 16.9 Å². The predicted molar refractivity (Wildman–Crippen MR) is 138 cm³/mol. The van der Waals surface area contributed by atoms with Crippen LogP contribution in [0.15, 0.2) is 61.2 Å². The summed E-state index contributed by atoms with van der Waals surface area (Å²) < 4.78 is 8.45. The third-order valence-corrected chi connectivity index (χ3v) is 6.43. The highest BCUT2D eigenvalue weighted by molar-refractivity contribution is 5.80. The molecule has 34 heavy (non-hydrogen) atoms. The van der Waals surface area contributed by atoms with Gasteiger partial charge in [0.2, 0.25) is 5.91 Å². The van der Waals surface area contributed by atoms with Crippen LogP contribution in [0.25, 0.3) is 11.0 Å². The van der Waals surface area contributed by atoms with Crippen LogP contribution in [-0.2, 0) is 24.2 Å². The Morgan fingerprint density at radius 3 is 2.74 bits per heavy atom. The van der Waals surface area contributed by atoms with E-state index < -0.39 is 0 Å². The fraction of sp³-hybridized carbons (Fsp3) is 0.448. The van der Waals surface area contributed by atoms with E-state index in [0.717, 1.165) is 82.1 Å². The van der Waals surface area contributed by atoms with E-state index >= 15 is 0 Å². The van der Waals surface area contributed by atoms with Gasteiger partial charge in [-0.15, -0.1) is 6.58 Å². The molecule has 1 saturated carbocycles. The first-order valence-electron chi connectivity index (χ1n) is 12.8. The first-order valence-corrected chi connectivity index (χ1v) is 12.8. The molecule has 2 aromatic carbocycles. The Kier molecular flexibility index (Phi) is 8.78. The molecule has 0 saturated heterocycles. The van der Waals surface area contributed by atoms with Crippen molar-refractivity contribution in [1.29, 1.82) is 0 Å². The zero-order chi connectivity index (χ0) is 23.6. The number of para-hydroxylation sites is 3. The molecule has 180 valence electrons. The Bertz CT molecular complexity index is 1080. The summed E-state index contributed by atoms with van der Waals surface area (Å²) in [5.41, 5.74) is 3.47. The van der Waals surface area contributed by atoms with E-state index in [2.05, 4.69) is 46.8 Å². The van der Waals surface area contributed by atoms with Crippen molar-refractivity contribution in [3.63, 3.8) is 0 Å². The normalized spacial score (nSPS) is 13.2. The number of carbonyl (C=O) groups is 1. The number of allylic oxidation sites excluding steroid dienone is 1. The number of aromatic nitrogens is 2. The van der Waals surface area contributed by atoms with Gasteiger partial charge in [0.1, 0.15) is 11.6 Å². The van der Waals surface area contributed by atoms with Crippen LogP contribution in [0.3, 0.4) is 0 Å². The second-order valence-electron chi connectivity index (χ2n) is 9.20. The Balaban J connectivity index is 1.24. The van der Waals surface area contributed by atoms with Crippen molar-refractivity contribution in [1.82, 2.24) is 14.9 Å². The molecule has 0 spiro atoms. The standard InChI is InChI=1S/C29H37N3O2/c1-2-12-23-13-5-8-16-27(23)34-22-11-10-21-32-26-15-7-6-14-25(26)31-28(32)17-4-3-9-20-30-29(33)24-18-19-24/h2,5-8,13-16,24H,1,3-4,9-12,17-22H2,(H,30,33). The molecule has 5 nitrogen and oxygen atoms in total. The number of aryl methyl sites for hydroxylation is 2. The second kappa shape index (κ2) is 12.4. The van der Waals surface area contributed by atoms with Crippen LogP contribution in [0.2, 0.25) is 0 Å². The van der Waals surface area contributed by atoms with Gasteiger partial charge < -0.3 is 14.6 Å². The lowest BCUT2D eigenvalue weighted by atomic mass is 10.1. The fourth-order valence-corrected chi connectivity index (χ4v) is 4.37. The summed E-state index contributed by atoms with van der Waals surface area (Å²) in [6.07, 6.45) is 11.1. The molecule has 0 radical (unpaired) electrons. The predicted octanol–water partition coefficient (Wildman–Crippen LogP) is 5.86. The largest absolute Gasteiger partial charge is 0.493 e. The van der Waals surface area contributed by atoms with Crippen molar-refractivity contribution >= 4 is 16.9 Å². The SMILES string of the molecule is C=CCc1ccccc1OCCCCn1c(CCCCCNC(=O)C2CC2)nc2ccccc21. The molecule has 4 rings (SSSR count). The average molecular weight is 460 g/mol. The third-order valence-electron chi connectivity index (χ3n) is 6.43. The molecule has 1 heterocycles. The number of fused-ring (bicyclic) bond motifs is 1. The van der Waals surface area contributed by atoms with Gasteiger partial charge in [-0.25, -0.2) is 4.98 Å². The smallest absolute Gasteiger partial charge is 0.223 e. The highest BCUT2D eigenvalue weighted by Crippen LogP contribution is 2.28. The van der Waals surface area contributed by atoms with E-state index in [1.807, 2.05) is 24.3 Å². The summed E-state index contributed by atoms with van der Waals surface area (Å²) in [7, 11) is 0. The lowest BCUT2D eigenvalue weighted by Crippen LogP contribution is -2.25. The molecule has 0 atom stereocenters. The maximum atomic E-state index is 11.7. The Morgan fingerprint density at radius 2 is 1.88 bits per heavy atom. The van der Waals surface area contributed by atoms with Gasteiger partial charge in [-0.2, -0.15) is 0 Å². The van der Waals surface area contributed by atoms with Gasteiger partial charge in [0.15, 0.2) is 0 Å². The number of unbranched alkanes of at least 4 members (excludes halogenated alkanes) is 3. The number of ether oxygens (including phenoxy) is 1. The number of rotatable bonds is 15. The maximum Gasteiger partial charge on any atom is 0.223 e. The quantitative estimate of drug-likeness (QED) is 0.229. The van der Waals surface area contributed by atoms with Gasteiger partial charge in [0.25, 0.3) is 0 Å². The van der Waals surface area contributed by atoms with Gasteiger partial charge in [-0.1, -0.05) is 42.8 Å². The number of carbonyl (C=O) groups excluding carboxylic acids is 1. The summed E-state index contributed by atoms with van der Waals surface area (Å²) in [6, 6.07) is 16.6. The first kappa shape index (κ1) is 24.1. The van der Waals surface area contributed by atoms with Crippen LogP contribution in [0.1, 0.15) is 56.3 Å². The van der Waals surface area contributed by atoms with Gasteiger partial charge in [-0.3, -0.25) is 4.79 Å². The van der Waals surface area contributed by atoms with Crippen LogP contribution in [0.5, 0.6) is 5.75 Å². The Morgan fingerprint density at radius 1 is 1.06 bits per heavy atom. The van der Waals surface area contributed by atoms with Crippen molar-refractivity contribution in [2.24, 2.45) is 5.92 Å². The minimum Gasteiger partial charge on any atom is -0.493 e. The van der Waals surface area contributed by atoms with Gasteiger partial charge in [0, 0.05) is 25.4 Å². The van der Waals surface area contributed by atoms with Crippen LogP contribution in [0, 0.1) is 5.92 Å². The summed E-state index contributed by atoms with van der Waals surface area (Å²) in [5.74, 6) is 2.67. The van der Waals surface area contributed by atoms with Crippen molar-refractivity contribution in [2.75, 3.05) is 13.2 Å². The number of imidazole rings is 1. The molecule has 0 aliphatic heterocycles. The second-order valence-corrected chi connectivity index (χ2v) is 9.20. The zero-order valence-electron chi connectivity index (χ0n) is 20.2. The first-order chi connectivity index (χ1) is 16.8. The molecule has 3 aromatic rings. The van der Waals surface area contributed by atoms with E-state index in [9.17, 15) is 4.79 Å². The van der Waals surface area contributed by atoms with Crippen LogP contribution >= 0.6 is 0 Å². The molecule has 1 aromatic heterocycles. The number of benzene rings is 2. The maximum absolute atomic E-state index is 11.7. The topological polar surface area (TPSA) is 56.1 Å². The monoisotopic (exact) mass is 459 g/mol. The summed E-state index contributed by atoms with van der Waals surface area (Å²) >= 11 is 0. The van der Waals surface area contributed by atoms with Gasteiger partial charge in [0.05, 0.1) is 17.6 Å². The van der Waals surface area contributed by atoms with Gasteiger partial charge in [-0.05, 0) is 68.7 Å². The lowest BCUT2D eigenvalue weighted by Gasteiger charge is -2.12. The number of nitrogens with one attached hydrogen (secondary N) is 1. The molecule has 0 bridgehead atoms. The molecule has 0 unspecified atom stereocenters. The number of nitrogens with zero attached hydrogens (tertiary/aromatic N) is 2. The van der Waals surface area contributed by atoms with Crippen molar-refractivity contribution in [3.8, 4) is 5.75 Å². The molecule has 1 aliphatic carbocycles. The van der Waals surface area contributed by atoms with E-state index in [0.29, 0.717) is 12.5 Å². The highest BCUT2D eigenvalue weighted by atomic mass is 16.5. The minimum absolute atomic E-state index is 0.245. The highest BCUT2D eigenvalue weighted by Gasteiger charge is 2.28. The van der Waals surface area contributed by atoms with Crippen LogP contribution < -0.4 is 10.1 Å². The van der Waals surface area contributed by atoms with Crippen molar-refractivity contribution < 1.29 is 9.53 Å². The molecule has 1 N–H and O–H groups in total. The van der Waals surface area contributed by atoms with Crippen LogP contribution in [-0.4, -0.2) is 28.6 Å². The number of hydrogen-bond donors (Lipinski definition) is 1. The van der Waals surface area contributed by atoms with Crippen molar-refractivity contribution in [2.45, 2.75) is 64.3 Å². The van der Waals surface area contributed by atoms with E-state index in [1.54, 1.807) is 0 Å². The molecular formula is C29H37N3O2. The van der Waals surface area contributed by atoms with Crippen molar-refractivity contribution in [3.05, 3.63) is 72.6 Å². The van der Waals surface area contributed by atoms with Gasteiger partial charge >= 0.3 is 0 Å². The van der Waals surface area contributed by atoms with E-state index in [-0.39, 0.29) is 5.91 Å². The fourth-order valence-electron chi connectivity index (χ4n) is 4.37. The summed E-state index contributed by atoms with van der Waals surface area (Å²) in [5, 5.41) is 3.06. The number of amides is 1. The third kappa shape index (κ3) is 6.72. The molecule has 1 fully saturated rings. The Hall–Kier alpha value is -3.08. The summed E-state index contributed by atoms with van der Waals surface area (Å²) in [4.78, 5) is 16.7. The van der Waals surface area contributed by atoms with Crippen LogP contribution in [0.4, 0.5) is 0 Å². The number of hydrogen-bond acceptors (Lipinski definition) is 3. The molecular weight excluding hydrogens is 422 g/mol. The molecule has 5 heteroatoms. The lowest BCUT2D eigenvalue weighted by molar-refractivity contribution is -0.122. The molecule has 1 aliphatic rings. The summed E-state index contributed by atoms with van der Waals surface area (Å²) in [6.45, 7) is 6.29. The Labute approximate surface area is 203 Å². The molecule has 1 amide bonds. The minimum atomic E-state index is 0.245.